The molecule has 1 aliphatic heterocycles. The molecule has 7 heteroatoms. The number of aromatic nitrogens is 1. The zero-order chi connectivity index (χ0) is 19.0. The van der Waals surface area contributed by atoms with Gasteiger partial charge in [-0.05, 0) is 42.2 Å². The first-order valence-corrected chi connectivity index (χ1v) is 10.5. The van der Waals surface area contributed by atoms with Crippen LogP contribution < -0.4 is 0 Å². The van der Waals surface area contributed by atoms with E-state index in [0.717, 1.165) is 26.6 Å². The Labute approximate surface area is 156 Å². The van der Waals surface area contributed by atoms with Gasteiger partial charge in [0.05, 0.1) is 5.75 Å². The Morgan fingerprint density at radius 1 is 1.15 bits per heavy atom. The Morgan fingerprint density at radius 3 is 2.63 bits per heavy atom. The molecular formula is C20H19FN2O3S. The lowest BCUT2D eigenvalue weighted by Gasteiger charge is -2.14. The number of hydrogen-bond donors (Lipinski definition) is 1. The van der Waals surface area contributed by atoms with Gasteiger partial charge < -0.3 is 4.98 Å². The maximum Gasteiger partial charge on any atom is 0.237 e. The predicted octanol–water partition coefficient (Wildman–Crippen LogP) is 3.47. The second-order valence-corrected chi connectivity index (χ2v) is 8.68. The van der Waals surface area contributed by atoms with E-state index in [9.17, 15) is 17.6 Å². The molecule has 5 nitrogen and oxygen atoms in total. The average molecular weight is 386 g/mol. The summed E-state index contributed by atoms with van der Waals surface area (Å²) in [6.45, 7) is 0.245. The van der Waals surface area contributed by atoms with Crippen LogP contribution in [-0.2, 0) is 21.2 Å². The van der Waals surface area contributed by atoms with Crippen molar-refractivity contribution in [2.75, 3.05) is 12.3 Å². The highest BCUT2D eigenvalue weighted by Crippen LogP contribution is 2.32. The first-order chi connectivity index (χ1) is 13.0. The van der Waals surface area contributed by atoms with Crippen molar-refractivity contribution in [1.29, 1.82) is 0 Å². The molecule has 1 saturated heterocycles. The van der Waals surface area contributed by atoms with E-state index in [1.54, 1.807) is 6.07 Å². The third kappa shape index (κ3) is 3.35. The standard InChI is InChI=1S/C20H19FN2O3S/c21-15-7-9-18-17(13-15)16(20(22-18)14-5-2-1-3-6-14)8-10-19(24)23-11-4-12-27(23,25)26/h1-3,5-7,9,13,22H,4,8,10-12H2. The second-order valence-electron chi connectivity index (χ2n) is 6.67. The van der Waals surface area contributed by atoms with Crippen LogP contribution in [0.15, 0.2) is 48.5 Å². The number of fused-ring (bicyclic) bond motifs is 1. The van der Waals surface area contributed by atoms with Gasteiger partial charge in [0.25, 0.3) is 0 Å². The molecule has 3 aromatic rings. The van der Waals surface area contributed by atoms with Gasteiger partial charge in [0.2, 0.25) is 15.9 Å². The van der Waals surface area contributed by atoms with Gasteiger partial charge in [0, 0.05) is 29.6 Å². The van der Waals surface area contributed by atoms with Crippen molar-refractivity contribution in [3.63, 3.8) is 0 Å². The van der Waals surface area contributed by atoms with Gasteiger partial charge >= 0.3 is 0 Å². The fourth-order valence-corrected chi connectivity index (χ4v) is 5.13. The summed E-state index contributed by atoms with van der Waals surface area (Å²) in [6, 6.07) is 14.1. The van der Waals surface area contributed by atoms with Crippen LogP contribution in [0.5, 0.6) is 0 Å². The second kappa shape index (κ2) is 6.81. The van der Waals surface area contributed by atoms with E-state index in [1.165, 1.54) is 12.1 Å². The number of sulfonamides is 1. The minimum absolute atomic E-state index is 0.0201. The fraction of sp³-hybridized carbons (Fsp3) is 0.250. The zero-order valence-electron chi connectivity index (χ0n) is 14.6. The van der Waals surface area contributed by atoms with Crippen LogP contribution in [-0.4, -0.2) is 35.9 Å². The molecule has 1 amide bonds. The number of H-pyrrole nitrogens is 1. The highest BCUT2D eigenvalue weighted by molar-refractivity contribution is 7.89. The third-order valence-corrected chi connectivity index (χ3v) is 6.76. The van der Waals surface area contributed by atoms with Gasteiger partial charge in [-0.15, -0.1) is 0 Å². The summed E-state index contributed by atoms with van der Waals surface area (Å²) < 4.78 is 38.7. The minimum Gasteiger partial charge on any atom is -0.354 e. The molecule has 1 fully saturated rings. The summed E-state index contributed by atoms with van der Waals surface area (Å²) in [5.41, 5.74) is 3.37. The molecule has 0 spiro atoms. The van der Waals surface area contributed by atoms with Crippen LogP contribution in [0.3, 0.4) is 0 Å². The lowest BCUT2D eigenvalue weighted by atomic mass is 10.0. The number of benzene rings is 2. The number of halogens is 1. The highest BCUT2D eigenvalue weighted by Gasteiger charge is 2.32. The van der Waals surface area contributed by atoms with Crippen molar-refractivity contribution in [2.45, 2.75) is 19.3 Å². The molecule has 0 atom stereocenters. The van der Waals surface area contributed by atoms with E-state index in [4.69, 9.17) is 0 Å². The van der Waals surface area contributed by atoms with Gasteiger partial charge in [-0.25, -0.2) is 17.1 Å². The number of aromatic amines is 1. The van der Waals surface area contributed by atoms with Gasteiger partial charge in [0.15, 0.2) is 0 Å². The first kappa shape index (κ1) is 17.7. The van der Waals surface area contributed by atoms with Gasteiger partial charge in [-0.3, -0.25) is 4.79 Å². The summed E-state index contributed by atoms with van der Waals surface area (Å²) in [6.07, 6.45) is 0.864. The maximum absolute atomic E-state index is 13.8. The van der Waals surface area contributed by atoms with Crippen molar-refractivity contribution in [2.24, 2.45) is 0 Å². The van der Waals surface area contributed by atoms with Crippen LogP contribution >= 0.6 is 0 Å². The van der Waals surface area contributed by atoms with Gasteiger partial charge in [0.1, 0.15) is 5.82 Å². The van der Waals surface area contributed by atoms with Crippen LogP contribution in [0.4, 0.5) is 4.39 Å². The maximum atomic E-state index is 13.8. The SMILES string of the molecule is O=C(CCc1c(-c2ccccc2)[nH]c2ccc(F)cc12)N1CCCS1(=O)=O. The molecule has 0 unspecified atom stereocenters. The summed E-state index contributed by atoms with van der Waals surface area (Å²) in [5, 5.41) is 0.714. The summed E-state index contributed by atoms with van der Waals surface area (Å²) >= 11 is 0. The molecule has 0 aliphatic carbocycles. The fourth-order valence-electron chi connectivity index (χ4n) is 3.61. The van der Waals surface area contributed by atoms with Gasteiger partial charge in [-0.2, -0.15) is 0 Å². The molecule has 0 saturated carbocycles. The lowest BCUT2D eigenvalue weighted by Crippen LogP contribution is -2.32. The van der Waals surface area contributed by atoms with E-state index in [-0.39, 0.29) is 24.5 Å². The van der Waals surface area contributed by atoms with E-state index in [2.05, 4.69) is 4.98 Å². The number of rotatable bonds is 4. The highest BCUT2D eigenvalue weighted by atomic mass is 32.2. The Kier molecular flexibility index (Phi) is 4.47. The van der Waals surface area contributed by atoms with E-state index in [0.29, 0.717) is 18.2 Å². The molecule has 0 bridgehead atoms. The first-order valence-electron chi connectivity index (χ1n) is 8.84. The number of nitrogens with one attached hydrogen (secondary N) is 1. The van der Waals surface area contributed by atoms with Crippen molar-refractivity contribution in [3.8, 4) is 11.3 Å². The zero-order valence-corrected chi connectivity index (χ0v) is 15.4. The predicted molar refractivity (Wildman–Crippen MR) is 102 cm³/mol. The molecule has 27 heavy (non-hydrogen) atoms. The summed E-state index contributed by atoms with van der Waals surface area (Å²) in [5.74, 6) is -0.736. The Balaban J connectivity index is 1.69. The van der Waals surface area contributed by atoms with Crippen LogP contribution in [0.1, 0.15) is 18.4 Å². The molecule has 2 heterocycles. The topological polar surface area (TPSA) is 70.2 Å². The van der Waals surface area contributed by atoms with E-state index >= 15 is 0 Å². The van der Waals surface area contributed by atoms with E-state index in [1.807, 2.05) is 30.3 Å². The van der Waals surface area contributed by atoms with Crippen molar-refractivity contribution < 1.29 is 17.6 Å². The number of carbonyl (C=O) groups excluding carboxylic acids is 1. The third-order valence-electron chi connectivity index (χ3n) is 4.90. The Morgan fingerprint density at radius 2 is 1.93 bits per heavy atom. The van der Waals surface area contributed by atoms with Crippen LogP contribution in [0.2, 0.25) is 0 Å². The monoisotopic (exact) mass is 386 g/mol. The normalized spacial score (nSPS) is 16.1. The molecule has 0 radical (unpaired) electrons. The number of amides is 1. The molecule has 1 aliphatic rings. The van der Waals surface area contributed by atoms with Crippen LogP contribution in [0.25, 0.3) is 22.2 Å². The molecule has 1 aromatic heterocycles. The number of aryl methyl sites for hydroxylation is 1. The summed E-state index contributed by atoms with van der Waals surface area (Å²) in [7, 11) is -3.47. The van der Waals surface area contributed by atoms with Crippen molar-refractivity contribution >= 4 is 26.8 Å². The average Bonchev–Trinajstić information content (AvgIpc) is 3.19. The lowest BCUT2D eigenvalue weighted by molar-refractivity contribution is -0.126. The molecule has 140 valence electrons. The largest absolute Gasteiger partial charge is 0.354 e. The Bertz CT molecular complexity index is 1110. The molecule has 4 rings (SSSR count). The van der Waals surface area contributed by atoms with Crippen molar-refractivity contribution in [1.82, 2.24) is 9.29 Å². The van der Waals surface area contributed by atoms with E-state index < -0.39 is 15.9 Å². The smallest absolute Gasteiger partial charge is 0.237 e. The Hall–Kier alpha value is -2.67. The summed E-state index contributed by atoms with van der Waals surface area (Å²) in [4.78, 5) is 15.8. The molecular weight excluding hydrogens is 367 g/mol. The quantitative estimate of drug-likeness (QED) is 0.746. The van der Waals surface area contributed by atoms with Gasteiger partial charge in [-0.1, -0.05) is 30.3 Å². The molecule has 1 N–H and O–H groups in total. The van der Waals surface area contributed by atoms with Crippen LogP contribution in [0, 0.1) is 5.82 Å². The number of carbonyl (C=O) groups is 1. The number of hydrogen-bond acceptors (Lipinski definition) is 3. The number of nitrogens with zero attached hydrogens (tertiary/aromatic N) is 1. The minimum atomic E-state index is -3.47. The molecule has 2 aromatic carbocycles. The van der Waals surface area contributed by atoms with Crippen molar-refractivity contribution in [3.05, 3.63) is 59.9 Å².